The van der Waals surface area contributed by atoms with Gasteiger partial charge in [0.25, 0.3) is 0 Å². The van der Waals surface area contributed by atoms with E-state index in [4.69, 9.17) is 37.3 Å². The quantitative estimate of drug-likeness (QED) is 0.0302. The van der Waals surface area contributed by atoms with E-state index in [1.165, 1.54) is 57.8 Å². The first-order chi connectivity index (χ1) is 40.6. The van der Waals surface area contributed by atoms with Crippen molar-refractivity contribution in [1.82, 2.24) is 4.72 Å². The van der Waals surface area contributed by atoms with Gasteiger partial charge in [-0.05, 0) is 83.5 Å². The highest BCUT2D eigenvalue weighted by Gasteiger charge is 2.51. The van der Waals surface area contributed by atoms with Crippen LogP contribution in [0.4, 0.5) is 0 Å². The predicted octanol–water partition coefficient (Wildman–Crippen LogP) is 17.2. The molecule has 1 aliphatic rings. The lowest BCUT2D eigenvalue weighted by Gasteiger charge is -2.48. The van der Waals surface area contributed by atoms with Crippen molar-refractivity contribution in [3.8, 4) is 0 Å². The molecule has 5 aromatic rings. The van der Waals surface area contributed by atoms with Crippen LogP contribution < -0.4 is 4.72 Å². The van der Waals surface area contributed by atoms with Gasteiger partial charge in [-0.15, -0.1) is 0 Å². The van der Waals surface area contributed by atoms with Gasteiger partial charge in [-0.3, -0.25) is 0 Å². The Hall–Kier alpha value is -3.88. The van der Waals surface area contributed by atoms with Crippen LogP contribution in [0.1, 0.15) is 160 Å². The van der Waals surface area contributed by atoms with Crippen LogP contribution >= 0.6 is 0 Å². The molecule has 470 valence electrons. The first-order valence-corrected chi connectivity index (χ1v) is 39.2. The van der Waals surface area contributed by atoms with Crippen molar-refractivity contribution >= 4 is 26.7 Å². The SMILES string of the molecule is CCCCCCCCCCCCCC[C@@H](O[Si](C)(C)C(C)(C)C)[C@@H](O[Si](C)(C)C(C)(C)C)[C@H](CO[C@H]1OC(COCc2ccccc2)[C@H](OCc2ccccc2)[C@@H](OCc2ccccc2)C1OCc1ccccc1)NS(=O)(=O)c1ccccc1C. The molecule has 0 aromatic heterocycles. The van der Waals surface area contributed by atoms with E-state index in [9.17, 15) is 0 Å². The van der Waals surface area contributed by atoms with Crippen molar-refractivity contribution in [1.29, 1.82) is 0 Å². The Bertz CT molecular complexity index is 2730. The van der Waals surface area contributed by atoms with Gasteiger partial charge in [-0.2, -0.15) is 0 Å². The molecule has 0 spiro atoms. The van der Waals surface area contributed by atoms with Crippen LogP contribution in [-0.2, 0) is 73.7 Å². The molecule has 11 nitrogen and oxygen atoms in total. The zero-order valence-corrected chi connectivity index (χ0v) is 56.7. The summed E-state index contributed by atoms with van der Waals surface area (Å²) in [5.74, 6) is 0. The molecule has 0 saturated carbocycles. The van der Waals surface area contributed by atoms with Crippen LogP contribution in [0.2, 0.25) is 36.3 Å². The summed E-state index contributed by atoms with van der Waals surface area (Å²) in [6.45, 7) is 27.6. The molecular weight excluding hydrogens is 1120 g/mol. The average molecular weight is 1220 g/mol. The molecule has 1 saturated heterocycles. The van der Waals surface area contributed by atoms with E-state index in [0.717, 1.165) is 41.5 Å². The predicted molar refractivity (Wildman–Crippen MR) is 351 cm³/mol. The third-order valence-electron chi connectivity index (χ3n) is 17.6. The van der Waals surface area contributed by atoms with Crippen LogP contribution in [0.5, 0.6) is 0 Å². The van der Waals surface area contributed by atoms with Crippen LogP contribution in [0.25, 0.3) is 0 Å². The monoisotopic (exact) mass is 1220 g/mol. The fourth-order valence-corrected chi connectivity index (χ4v) is 14.6. The Labute approximate surface area is 516 Å². The number of rotatable bonds is 38. The highest BCUT2D eigenvalue weighted by Crippen LogP contribution is 2.42. The van der Waals surface area contributed by atoms with Crippen molar-refractivity contribution in [3.05, 3.63) is 173 Å². The highest BCUT2D eigenvalue weighted by molar-refractivity contribution is 7.89. The second-order valence-electron chi connectivity index (χ2n) is 26.6. The van der Waals surface area contributed by atoms with Crippen molar-refractivity contribution in [3.63, 3.8) is 0 Å². The number of nitrogens with one attached hydrogen (secondary N) is 1. The first kappa shape index (κ1) is 70.2. The number of ether oxygens (including phenoxy) is 6. The third kappa shape index (κ3) is 22.9. The number of hydrogen-bond donors (Lipinski definition) is 1. The van der Waals surface area contributed by atoms with E-state index in [2.05, 4.69) is 79.4 Å². The maximum Gasteiger partial charge on any atom is 0.241 e. The normalized spacial score (nSPS) is 19.2. The Kier molecular flexibility index (Phi) is 28.7. The number of sulfonamides is 1. The minimum atomic E-state index is -4.21. The van der Waals surface area contributed by atoms with Crippen molar-refractivity contribution in [2.45, 2.75) is 255 Å². The molecule has 85 heavy (non-hydrogen) atoms. The molecule has 0 amide bonds. The largest absolute Gasteiger partial charge is 0.411 e. The third-order valence-corrected chi connectivity index (χ3v) is 28.2. The van der Waals surface area contributed by atoms with E-state index in [0.29, 0.717) is 18.6 Å². The maximum atomic E-state index is 15.3. The zero-order chi connectivity index (χ0) is 61.4. The van der Waals surface area contributed by atoms with Crippen LogP contribution in [0, 0.1) is 6.92 Å². The standard InChI is InChI=1S/C71H107NO10SSi2/c1-13-14-15-16-17-18-19-20-21-22-23-36-48-62(81-84(9,10)70(3,4)5)65(82-85(11,12)71(6,7)8)61(72-83(73,74)64-49-38-37-39-56(64)2)54-79-69-68(78-53-60-46-34-27-35-47-60)67(77-52-59-44-32-26-33-45-59)66(76-51-58-42-30-25-31-43-58)63(80-69)55-75-50-57-40-28-24-29-41-57/h24-35,37-47,49,61-63,65-69,72H,13-23,36,48,50-55H2,1-12H3/t61-,62+,63?,65-,66-,67+,68?,69-/m0/s1. The number of aryl methyl sites for hydroxylation is 1. The summed E-state index contributed by atoms with van der Waals surface area (Å²) < 4.78 is 91.6. The van der Waals surface area contributed by atoms with E-state index in [1.807, 2.05) is 140 Å². The topological polar surface area (TPSA) is 120 Å². The van der Waals surface area contributed by atoms with E-state index in [-0.39, 0.29) is 48.0 Å². The molecule has 0 aliphatic carbocycles. The second kappa shape index (κ2) is 34.8. The van der Waals surface area contributed by atoms with Gasteiger partial charge < -0.3 is 37.3 Å². The van der Waals surface area contributed by atoms with Gasteiger partial charge in [0, 0.05) is 0 Å². The molecule has 0 radical (unpaired) electrons. The number of unbranched alkanes of at least 4 members (excludes halogenated alkanes) is 11. The number of benzene rings is 5. The summed E-state index contributed by atoms with van der Waals surface area (Å²) in [4.78, 5) is 0.190. The maximum absolute atomic E-state index is 15.3. The highest BCUT2D eigenvalue weighted by atomic mass is 32.2. The van der Waals surface area contributed by atoms with Crippen LogP contribution in [-0.4, -0.2) is 87.2 Å². The van der Waals surface area contributed by atoms with Crippen LogP contribution in [0.15, 0.2) is 150 Å². The van der Waals surface area contributed by atoms with Crippen molar-refractivity contribution in [2.24, 2.45) is 0 Å². The number of hydrogen-bond acceptors (Lipinski definition) is 10. The Balaban J connectivity index is 1.44. The fraction of sp³-hybridized carbons (Fsp3) is 0.577. The van der Waals surface area contributed by atoms with E-state index < -0.39 is 75.6 Å². The zero-order valence-electron chi connectivity index (χ0n) is 53.9. The van der Waals surface area contributed by atoms with Gasteiger partial charge in [-0.25, -0.2) is 13.1 Å². The molecule has 8 atom stereocenters. The Morgan fingerprint density at radius 3 is 1.39 bits per heavy atom. The molecule has 5 aromatic carbocycles. The molecule has 0 bridgehead atoms. The summed E-state index contributed by atoms with van der Waals surface area (Å²) in [6, 6.07) is 46.4. The lowest BCUT2D eigenvalue weighted by atomic mass is 9.97. The summed E-state index contributed by atoms with van der Waals surface area (Å²) >= 11 is 0. The average Bonchev–Trinajstić information content (AvgIpc) is 3.46. The molecular formula is C71H107NO10SSi2. The summed E-state index contributed by atoms with van der Waals surface area (Å²) in [5.41, 5.74) is 4.56. The Morgan fingerprint density at radius 1 is 0.506 bits per heavy atom. The van der Waals surface area contributed by atoms with Gasteiger partial charge in [0.05, 0.1) is 62.8 Å². The lowest BCUT2D eigenvalue weighted by molar-refractivity contribution is -0.329. The van der Waals surface area contributed by atoms with Crippen molar-refractivity contribution < 1.29 is 45.7 Å². The van der Waals surface area contributed by atoms with Crippen LogP contribution in [0.3, 0.4) is 0 Å². The molecule has 1 N–H and O–H groups in total. The molecule has 2 unspecified atom stereocenters. The molecule has 6 rings (SSSR count). The van der Waals surface area contributed by atoms with Gasteiger partial charge in [-0.1, -0.05) is 265 Å². The molecule has 1 aliphatic heterocycles. The minimum absolute atomic E-state index is 0.132. The van der Waals surface area contributed by atoms with Gasteiger partial charge >= 0.3 is 0 Å². The van der Waals surface area contributed by atoms with Gasteiger partial charge in [0.1, 0.15) is 24.4 Å². The smallest absolute Gasteiger partial charge is 0.241 e. The van der Waals surface area contributed by atoms with E-state index in [1.54, 1.807) is 12.1 Å². The summed E-state index contributed by atoms with van der Waals surface area (Å²) in [5, 5.41) is -0.391. The van der Waals surface area contributed by atoms with Gasteiger partial charge in [0.15, 0.2) is 22.9 Å². The van der Waals surface area contributed by atoms with Gasteiger partial charge in [0.2, 0.25) is 10.0 Å². The molecule has 1 fully saturated rings. The van der Waals surface area contributed by atoms with E-state index >= 15 is 8.42 Å². The van der Waals surface area contributed by atoms with Crippen molar-refractivity contribution in [2.75, 3.05) is 13.2 Å². The lowest BCUT2D eigenvalue weighted by Crippen LogP contribution is -2.63. The fourth-order valence-electron chi connectivity index (χ4n) is 10.4. The summed E-state index contributed by atoms with van der Waals surface area (Å²) in [7, 11) is -9.47. The molecule has 1 heterocycles. The first-order valence-electron chi connectivity index (χ1n) is 31.9. The second-order valence-corrected chi connectivity index (χ2v) is 37.8. The molecule has 14 heteroatoms. The minimum Gasteiger partial charge on any atom is -0.411 e. The Morgan fingerprint density at radius 2 is 0.918 bits per heavy atom. The summed E-state index contributed by atoms with van der Waals surface area (Å²) in [6.07, 6.45) is 9.94.